The highest BCUT2D eigenvalue weighted by molar-refractivity contribution is 5.54. The summed E-state index contributed by atoms with van der Waals surface area (Å²) < 4.78 is 16.6. The van der Waals surface area contributed by atoms with E-state index in [0.717, 1.165) is 38.0 Å². The number of ether oxygens (including phenoxy) is 3. The van der Waals surface area contributed by atoms with Gasteiger partial charge in [0.1, 0.15) is 0 Å². The van der Waals surface area contributed by atoms with Gasteiger partial charge in [0.25, 0.3) is 0 Å². The molecule has 0 aliphatic carbocycles. The SMILES string of the molecule is C=CCC1(CC=C)CCCN1CC1CNNC1c1cc(OC)c(OC)c(OC)c1. The van der Waals surface area contributed by atoms with Gasteiger partial charge in [-0.15, -0.1) is 13.2 Å². The van der Waals surface area contributed by atoms with Gasteiger partial charge >= 0.3 is 0 Å². The van der Waals surface area contributed by atoms with E-state index in [1.807, 2.05) is 12.1 Å². The number of benzene rings is 1. The van der Waals surface area contributed by atoms with Crippen molar-refractivity contribution in [3.63, 3.8) is 0 Å². The molecule has 2 aliphatic rings. The molecule has 6 nitrogen and oxygen atoms in total. The quantitative estimate of drug-likeness (QED) is 0.586. The van der Waals surface area contributed by atoms with Crippen LogP contribution in [0, 0.1) is 5.92 Å². The molecule has 0 aromatic heterocycles. The molecule has 0 spiro atoms. The van der Waals surface area contributed by atoms with Crippen molar-refractivity contribution in [1.29, 1.82) is 0 Å². The summed E-state index contributed by atoms with van der Waals surface area (Å²) in [6, 6.07) is 4.25. The lowest BCUT2D eigenvalue weighted by Gasteiger charge is -2.39. The second-order valence-electron chi connectivity index (χ2n) is 7.98. The summed E-state index contributed by atoms with van der Waals surface area (Å²) >= 11 is 0. The first-order valence-corrected chi connectivity index (χ1v) is 10.4. The molecule has 2 fully saturated rings. The number of nitrogens with zero attached hydrogens (tertiary/aromatic N) is 1. The number of methoxy groups -OCH3 is 3. The molecule has 29 heavy (non-hydrogen) atoms. The number of hydrogen-bond donors (Lipinski definition) is 2. The van der Waals surface area contributed by atoms with Crippen LogP contribution in [0.2, 0.25) is 0 Å². The summed E-state index contributed by atoms with van der Waals surface area (Å²) in [5.74, 6) is 2.41. The van der Waals surface area contributed by atoms with Crippen LogP contribution in [-0.2, 0) is 0 Å². The maximum atomic E-state index is 5.56. The van der Waals surface area contributed by atoms with Crippen molar-refractivity contribution in [2.45, 2.75) is 37.3 Å². The van der Waals surface area contributed by atoms with Crippen LogP contribution in [0.3, 0.4) is 0 Å². The van der Waals surface area contributed by atoms with E-state index in [2.05, 4.69) is 41.1 Å². The molecule has 160 valence electrons. The van der Waals surface area contributed by atoms with Crippen molar-refractivity contribution in [2.24, 2.45) is 5.92 Å². The van der Waals surface area contributed by atoms with Crippen molar-refractivity contribution >= 4 is 0 Å². The Bertz CT molecular complexity index is 686. The fourth-order valence-electron chi connectivity index (χ4n) is 4.99. The fourth-order valence-corrected chi connectivity index (χ4v) is 4.99. The topological polar surface area (TPSA) is 55.0 Å². The number of likely N-dealkylation sites (tertiary alicyclic amines) is 1. The lowest BCUT2D eigenvalue weighted by molar-refractivity contribution is 0.117. The average molecular weight is 402 g/mol. The minimum absolute atomic E-state index is 0.159. The Balaban J connectivity index is 1.85. The van der Waals surface area contributed by atoms with Crippen LogP contribution in [0.1, 0.15) is 37.3 Å². The van der Waals surface area contributed by atoms with Gasteiger partial charge in [0.15, 0.2) is 11.5 Å². The molecule has 6 heteroatoms. The Labute approximate surface area is 174 Å². The monoisotopic (exact) mass is 401 g/mol. The summed E-state index contributed by atoms with van der Waals surface area (Å²) in [4.78, 5) is 2.65. The standard InChI is InChI=1S/C23H35N3O3/c1-6-9-23(10-7-2)11-8-12-26(23)16-18-15-24-25-21(18)17-13-19(27-3)22(29-5)20(14-17)28-4/h6-7,13-14,18,21,24-25H,1-2,8-12,15-16H2,3-5H3. The van der Waals surface area contributed by atoms with E-state index in [0.29, 0.717) is 23.2 Å². The van der Waals surface area contributed by atoms with Crippen molar-refractivity contribution in [1.82, 2.24) is 15.8 Å². The first-order chi connectivity index (χ1) is 14.1. The van der Waals surface area contributed by atoms with E-state index < -0.39 is 0 Å². The van der Waals surface area contributed by atoms with Crippen molar-refractivity contribution in [2.75, 3.05) is 41.0 Å². The molecule has 1 aromatic carbocycles. The van der Waals surface area contributed by atoms with Gasteiger partial charge < -0.3 is 14.2 Å². The summed E-state index contributed by atoms with van der Waals surface area (Å²) in [6.07, 6.45) is 8.55. The zero-order valence-corrected chi connectivity index (χ0v) is 18.0. The smallest absolute Gasteiger partial charge is 0.203 e. The third-order valence-electron chi connectivity index (χ3n) is 6.38. The molecular weight excluding hydrogens is 366 g/mol. The van der Waals surface area contributed by atoms with Gasteiger partial charge in [-0.25, -0.2) is 5.43 Å². The average Bonchev–Trinajstić information content (AvgIpc) is 3.35. The van der Waals surface area contributed by atoms with Crippen LogP contribution in [0.4, 0.5) is 0 Å². The lowest BCUT2D eigenvalue weighted by atomic mass is 9.86. The summed E-state index contributed by atoms with van der Waals surface area (Å²) in [5, 5.41) is 0. The molecule has 1 aromatic rings. The third-order valence-corrected chi connectivity index (χ3v) is 6.38. The van der Waals surface area contributed by atoms with Crippen molar-refractivity contribution in [3.05, 3.63) is 43.0 Å². The van der Waals surface area contributed by atoms with Crippen LogP contribution in [-0.4, -0.2) is 51.4 Å². The molecule has 0 radical (unpaired) electrons. The molecule has 0 bridgehead atoms. The van der Waals surface area contributed by atoms with Gasteiger partial charge in [0.2, 0.25) is 5.75 Å². The Morgan fingerprint density at radius 1 is 1.10 bits per heavy atom. The summed E-state index contributed by atoms with van der Waals surface area (Å²) in [5.41, 5.74) is 8.11. The van der Waals surface area contributed by atoms with Crippen LogP contribution in [0.15, 0.2) is 37.4 Å². The first kappa shape index (κ1) is 21.7. The predicted molar refractivity (Wildman–Crippen MR) is 117 cm³/mol. The summed E-state index contributed by atoms with van der Waals surface area (Å²) in [6.45, 7) is 11.1. The maximum Gasteiger partial charge on any atom is 0.203 e. The second-order valence-corrected chi connectivity index (χ2v) is 7.98. The van der Waals surface area contributed by atoms with E-state index in [9.17, 15) is 0 Å². The molecule has 0 saturated carbocycles. The van der Waals surface area contributed by atoms with E-state index in [1.165, 1.54) is 12.8 Å². The van der Waals surface area contributed by atoms with Gasteiger partial charge in [-0.1, -0.05) is 12.2 Å². The molecule has 2 unspecified atom stereocenters. The lowest BCUT2D eigenvalue weighted by Crippen LogP contribution is -2.46. The highest BCUT2D eigenvalue weighted by Gasteiger charge is 2.41. The highest BCUT2D eigenvalue weighted by atomic mass is 16.5. The Morgan fingerprint density at radius 2 is 1.76 bits per heavy atom. The van der Waals surface area contributed by atoms with Crippen molar-refractivity contribution < 1.29 is 14.2 Å². The van der Waals surface area contributed by atoms with Gasteiger partial charge in [0.05, 0.1) is 27.4 Å². The Kier molecular flexibility index (Phi) is 7.22. The van der Waals surface area contributed by atoms with E-state index >= 15 is 0 Å². The van der Waals surface area contributed by atoms with Crippen LogP contribution < -0.4 is 25.1 Å². The zero-order valence-electron chi connectivity index (χ0n) is 18.0. The fraction of sp³-hybridized carbons (Fsp3) is 0.565. The van der Waals surface area contributed by atoms with E-state index in [-0.39, 0.29) is 11.6 Å². The van der Waals surface area contributed by atoms with Crippen LogP contribution in [0.5, 0.6) is 17.2 Å². The predicted octanol–water partition coefficient (Wildman–Crippen LogP) is 3.46. The number of nitrogens with one attached hydrogen (secondary N) is 2. The Morgan fingerprint density at radius 3 is 2.31 bits per heavy atom. The highest BCUT2D eigenvalue weighted by Crippen LogP contribution is 2.42. The van der Waals surface area contributed by atoms with E-state index in [4.69, 9.17) is 14.2 Å². The molecule has 2 N–H and O–H groups in total. The van der Waals surface area contributed by atoms with Crippen molar-refractivity contribution in [3.8, 4) is 17.2 Å². The molecule has 2 saturated heterocycles. The molecular formula is C23H35N3O3. The van der Waals surface area contributed by atoms with E-state index in [1.54, 1.807) is 21.3 Å². The minimum atomic E-state index is 0.159. The second kappa shape index (κ2) is 9.65. The molecule has 3 rings (SSSR count). The number of hydrazine groups is 1. The number of hydrogen-bond acceptors (Lipinski definition) is 6. The molecule has 2 atom stereocenters. The minimum Gasteiger partial charge on any atom is -0.493 e. The maximum absolute atomic E-state index is 5.56. The van der Waals surface area contributed by atoms with Gasteiger partial charge in [-0.05, 0) is 49.9 Å². The zero-order chi connectivity index (χ0) is 20.9. The number of rotatable bonds is 10. The molecule has 2 heterocycles. The van der Waals surface area contributed by atoms with Gasteiger partial charge in [0, 0.05) is 24.5 Å². The van der Waals surface area contributed by atoms with Crippen LogP contribution >= 0.6 is 0 Å². The van der Waals surface area contributed by atoms with Gasteiger partial charge in [-0.2, -0.15) is 0 Å². The first-order valence-electron chi connectivity index (χ1n) is 10.4. The van der Waals surface area contributed by atoms with Gasteiger partial charge in [-0.3, -0.25) is 10.3 Å². The normalized spacial score (nSPS) is 23.7. The Hall–Kier alpha value is -2.02. The molecule has 0 amide bonds. The third kappa shape index (κ3) is 4.29. The van der Waals surface area contributed by atoms with Crippen LogP contribution in [0.25, 0.3) is 0 Å². The molecule has 2 aliphatic heterocycles. The largest absolute Gasteiger partial charge is 0.493 e. The summed E-state index contributed by atoms with van der Waals surface area (Å²) in [7, 11) is 4.94.